The smallest absolute Gasteiger partial charge is 0.293 e. The van der Waals surface area contributed by atoms with Gasteiger partial charge in [0.25, 0.3) is 11.8 Å². The number of imide groups is 1. The zero-order chi connectivity index (χ0) is 18.8. The SMILES string of the molecule is O=C1NC(=O)C(c2cn(CCCOc3ccccc3)c3ncccc23)=C1O. The van der Waals surface area contributed by atoms with Gasteiger partial charge < -0.3 is 14.4 Å². The van der Waals surface area contributed by atoms with Crippen molar-refractivity contribution in [2.45, 2.75) is 13.0 Å². The molecule has 27 heavy (non-hydrogen) atoms. The summed E-state index contributed by atoms with van der Waals surface area (Å²) in [6.07, 6.45) is 4.13. The third-order valence-corrected chi connectivity index (χ3v) is 4.36. The highest BCUT2D eigenvalue weighted by atomic mass is 16.5. The number of carbonyl (C=O) groups is 2. The Labute approximate surface area is 154 Å². The van der Waals surface area contributed by atoms with Crippen molar-refractivity contribution in [1.29, 1.82) is 0 Å². The minimum absolute atomic E-state index is 0.0164. The lowest BCUT2D eigenvalue weighted by Crippen LogP contribution is -2.22. The fourth-order valence-corrected chi connectivity index (χ4v) is 3.13. The molecule has 2 amide bonds. The first-order valence-electron chi connectivity index (χ1n) is 8.56. The van der Waals surface area contributed by atoms with Gasteiger partial charge in [-0.1, -0.05) is 18.2 Å². The van der Waals surface area contributed by atoms with E-state index < -0.39 is 17.6 Å². The Hall–Kier alpha value is -3.61. The molecule has 3 heterocycles. The Morgan fingerprint density at radius 2 is 1.89 bits per heavy atom. The van der Waals surface area contributed by atoms with Crippen LogP contribution < -0.4 is 10.1 Å². The summed E-state index contributed by atoms with van der Waals surface area (Å²) in [7, 11) is 0. The summed E-state index contributed by atoms with van der Waals surface area (Å²) in [5, 5.41) is 12.8. The largest absolute Gasteiger partial charge is 0.502 e. The molecule has 136 valence electrons. The number of rotatable bonds is 6. The zero-order valence-corrected chi connectivity index (χ0v) is 14.4. The second-order valence-corrected chi connectivity index (χ2v) is 6.13. The molecule has 3 aromatic rings. The van der Waals surface area contributed by atoms with Crippen molar-refractivity contribution < 1.29 is 19.4 Å². The number of hydrogen-bond acceptors (Lipinski definition) is 5. The van der Waals surface area contributed by atoms with E-state index in [1.54, 1.807) is 18.5 Å². The fourth-order valence-electron chi connectivity index (χ4n) is 3.13. The van der Waals surface area contributed by atoms with Crippen LogP contribution in [0.15, 0.2) is 60.6 Å². The number of amides is 2. The van der Waals surface area contributed by atoms with Crippen LogP contribution in [0.5, 0.6) is 5.75 Å². The number of aromatic nitrogens is 2. The van der Waals surface area contributed by atoms with Crippen molar-refractivity contribution in [1.82, 2.24) is 14.9 Å². The predicted octanol–water partition coefficient (Wildman–Crippen LogP) is 2.43. The summed E-state index contributed by atoms with van der Waals surface area (Å²) >= 11 is 0. The van der Waals surface area contributed by atoms with Gasteiger partial charge in [0.15, 0.2) is 5.76 Å². The first-order valence-corrected chi connectivity index (χ1v) is 8.56. The van der Waals surface area contributed by atoms with Crippen molar-refractivity contribution in [2.75, 3.05) is 6.61 Å². The van der Waals surface area contributed by atoms with Crippen LogP contribution in [0.2, 0.25) is 0 Å². The number of aryl methyl sites for hydroxylation is 1. The molecule has 0 aliphatic carbocycles. The molecule has 7 heteroatoms. The average molecular weight is 363 g/mol. The van der Waals surface area contributed by atoms with Crippen molar-refractivity contribution in [3.8, 4) is 5.75 Å². The minimum Gasteiger partial charge on any atom is -0.502 e. The highest BCUT2D eigenvalue weighted by molar-refractivity contribution is 6.36. The van der Waals surface area contributed by atoms with Crippen LogP contribution in [0.25, 0.3) is 16.6 Å². The molecule has 0 atom stereocenters. The number of ether oxygens (including phenoxy) is 1. The molecule has 1 aromatic carbocycles. The molecule has 2 aromatic heterocycles. The first kappa shape index (κ1) is 16.8. The highest BCUT2D eigenvalue weighted by Gasteiger charge is 2.33. The van der Waals surface area contributed by atoms with Gasteiger partial charge in [-0.25, -0.2) is 4.98 Å². The number of pyridine rings is 1. The van der Waals surface area contributed by atoms with Crippen LogP contribution in [-0.4, -0.2) is 33.1 Å². The molecule has 0 bridgehead atoms. The Bertz CT molecular complexity index is 1050. The molecule has 0 radical (unpaired) electrons. The number of carbonyl (C=O) groups excluding carboxylic acids is 2. The van der Waals surface area contributed by atoms with E-state index in [0.29, 0.717) is 29.7 Å². The van der Waals surface area contributed by atoms with Gasteiger partial charge in [0.05, 0.1) is 12.2 Å². The Morgan fingerprint density at radius 3 is 2.63 bits per heavy atom. The predicted molar refractivity (Wildman–Crippen MR) is 99.0 cm³/mol. The zero-order valence-electron chi connectivity index (χ0n) is 14.4. The van der Waals surface area contributed by atoms with E-state index in [0.717, 1.165) is 12.2 Å². The van der Waals surface area contributed by atoms with Crippen LogP contribution >= 0.6 is 0 Å². The molecule has 1 aliphatic rings. The van der Waals surface area contributed by atoms with Gasteiger partial charge in [-0.3, -0.25) is 14.9 Å². The van der Waals surface area contributed by atoms with E-state index in [9.17, 15) is 14.7 Å². The molecule has 0 fully saturated rings. The maximum atomic E-state index is 12.1. The maximum Gasteiger partial charge on any atom is 0.293 e. The lowest BCUT2D eigenvalue weighted by atomic mass is 10.1. The van der Waals surface area contributed by atoms with Crippen LogP contribution in [0, 0.1) is 0 Å². The molecule has 1 aliphatic heterocycles. The summed E-state index contributed by atoms with van der Waals surface area (Å²) < 4.78 is 7.60. The number of hydrogen-bond donors (Lipinski definition) is 2. The number of aliphatic hydroxyl groups is 1. The Morgan fingerprint density at radius 1 is 1.07 bits per heavy atom. The van der Waals surface area contributed by atoms with E-state index in [1.807, 2.05) is 41.0 Å². The number of fused-ring (bicyclic) bond motifs is 1. The maximum absolute atomic E-state index is 12.1. The highest BCUT2D eigenvalue weighted by Crippen LogP contribution is 2.30. The van der Waals surface area contributed by atoms with E-state index in [-0.39, 0.29) is 5.57 Å². The van der Waals surface area contributed by atoms with Crippen molar-refractivity contribution >= 4 is 28.4 Å². The first-order chi connectivity index (χ1) is 13.1. The summed E-state index contributed by atoms with van der Waals surface area (Å²) in [4.78, 5) is 28.0. The Kier molecular flexibility index (Phi) is 4.33. The van der Waals surface area contributed by atoms with Gasteiger partial charge >= 0.3 is 0 Å². The van der Waals surface area contributed by atoms with Crippen LogP contribution in [0.4, 0.5) is 0 Å². The molecule has 0 spiro atoms. The second-order valence-electron chi connectivity index (χ2n) is 6.13. The van der Waals surface area contributed by atoms with Crippen molar-refractivity contribution in [3.05, 3.63) is 66.2 Å². The lowest BCUT2D eigenvalue weighted by molar-refractivity contribution is -0.124. The normalized spacial score (nSPS) is 14.1. The quantitative estimate of drug-likeness (QED) is 0.518. The molecular weight excluding hydrogens is 346 g/mol. The van der Waals surface area contributed by atoms with E-state index in [4.69, 9.17) is 4.74 Å². The van der Waals surface area contributed by atoms with Crippen LogP contribution in [0.1, 0.15) is 12.0 Å². The number of nitrogens with one attached hydrogen (secondary N) is 1. The van der Waals surface area contributed by atoms with Gasteiger partial charge in [0, 0.05) is 29.9 Å². The standard InChI is InChI=1S/C20H17N3O4/c24-17-16(19(25)22-20(17)26)15-12-23(18-14(15)8-4-9-21-18)10-5-11-27-13-6-2-1-3-7-13/h1-4,6-9,12H,5,10-11H2,(H2,22,24,25,26). The van der Waals surface area contributed by atoms with Crippen LogP contribution in [-0.2, 0) is 16.1 Å². The third-order valence-electron chi connectivity index (χ3n) is 4.36. The van der Waals surface area contributed by atoms with Crippen molar-refractivity contribution in [3.63, 3.8) is 0 Å². The van der Waals surface area contributed by atoms with Crippen molar-refractivity contribution in [2.24, 2.45) is 0 Å². The molecule has 0 saturated carbocycles. The van der Waals surface area contributed by atoms with Gasteiger partial charge in [-0.05, 0) is 30.7 Å². The third kappa shape index (κ3) is 3.15. The average Bonchev–Trinajstić information content (AvgIpc) is 3.16. The molecule has 0 saturated heterocycles. The van der Waals surface area contributed by atoms with E-state index in [2.05, 4.69) is 10.3 Å². The molecule has 0 unspecified atom stereocenters. The lowest BCUT2D eigenvalue weighted by Gasteiger charge is -2.07. The molecule has 2 N–H and O–H groups in total. The fraction of sp³-hybridized carbons (Fsp3) is 0.150. The number of benzene rings is 1. The molecule has 4 rings (SSSR count). The van der Waals surface area contributed by atoms with Gasteiger partial charge in [0.2, 0.25) is 0 Å². The summed E-state index contributed by atoms with van der Waals surface area (Å²) in [6, 6.07) is 13.1. The second kappa shape index (κ2) is 6.95. The number of para-hydroxylation sites is 1. The summed E-state index contributed by atoms with van der Waals surface area (Å²) in [5.74, 6) is -1.14. The van der Waals surface area contributed by atoms with Gasteiger partial charge in [-0.2, -0.15) is 0 Å². The number of nitrogens with zero attached hydrogens (tertiary/aromatic N) is 2. The molecular formula is C20H17N3O4. The summed E-state index contributed by atoms with van der Waals surface area (Å²) in [6.45, 7) is 1.14. The minimum atomic E-state index is -0.781. The van der Waals surface area contributed by atoms with E-state index in [1.165, 1.54) is 0 Å². The Balaban J connectivity index is 1.57. The van der Waals surface area contributed by atoms with Gasteiger partial charge in [0.1, 0.15) is 11.4 Å². The van der Waals surface area contributed by atoms with Gasteiger partial charge in [-0.15, -0.1) is 0 Å². The monoisotopic (exact) mass is 363 g/mol. The van der Waals surface area contributed by atoms with Crippen LogP contribution in [0.3, 0.4) is 0 Å². The summed E-state index contributed by atoms with van der Waals surface area (Å²) in [5.41, 5.74) is 1.15. The number of aliphatic hydroxyl groups excluding tert-OH is 1. The topological polar surface area (TPSA) is 93.5 Å². The molecule has 7 nitrogen and oxygen atoms in total. The van der Waals surface area contributed by atoms with E-state index >= 15 is 0 Å².